The summed E-state index contributed by atoms with van der Waals surface area (Å²) in [5.41, 5.74) is 0. The number of nitrogens with zero attached hydrogens (tertiary/aromatic N) is 1. The van der Waals surface area contributed by atoms with Gasteiger partial charge in [0.1, 0.15) is 19.3 Å². The van der Waals surface area contributed by atoms with Crippen LogP contribution < -0.4 is 5.32 Å². The Morgan fingerprint density at radius 3 is 1.23 bits per heavy atom. The number of phosphoric ester groups is 1. The first-order chi connectivity index (χ1) is 38.4. The summed E-state index contributed by atoms with van der Waals surface area (Å²) in [6.45, 7) is 6.92. The van der Waals surface area contributed by atoms with Gasteiger partial charge in [0.05, 0.1) is 33.8 Å². The summed E-state index contributed by atoms with van der Waals surface area (Å²) < 4.78 is 30.8. The maximum atomic E-state index is 13.6. The van der Waals surface area contributed by atoms with Crippen molar-refractivity contribution in [1.29, 1.82) is 0 Å². The smallest absolute Gasteiger partial charge is 0.456 e. The van der Waals surface area contributed by atoms with Gasteiger partial charge in [0.25, 0.3) is 0 Å². The molecule has 0 spiro atoms. The molecule has 2 N–H and O–H groups in total. The number of allylic oxidation sites excluding steroid dienone is 9. The molecule has 462 valence electrons. The zero-order valence-electron chi connectivity index (χ0n) is 52.9. The normalized spacial score (nSPS) is 14.0. The summed E-state index contributed by atoms with van der Waals surface area (Å²) in [5, 5.41) is 3.06. The number of hydrogen-bond acceptors (Lipinski definition) is 6. The number of quaternary nitrogens is 1. The number of unbranched alkanes of at least 4 members (excludes halogenated alkanes) is 37. The Morgan fingerprint density at radius 2 is 0.810 bits per heavy atom. The number of phosphoric acid groups is 1. The van der Waals surface area contributed by atoms with E-state index < -0.39 is 20.0 Å². The van der Waals surface area contributed by atoms with Crippen LogP contribution in [0.2, 0.25) is 0 Å². The van der Waals surface area contributed by atoms with E-state index in [1.165, 1.54) is 193 Å². The zero-order valence-corrected chi connectivity index (χ0v) is 53.8. The van der Waals surface area contributed by atoms with Gasteiger partial charge >= 0.3 is 13.8 Å². The Bertz CT molecular complexity index is 1540. The first-order valence-corrected chi connectivity index (χ1v) is 35.1. The lowest BCUT2D eigenvalue weighted by molar-refractivity contribution is -0.870. The minimum Gasteiger partial charge on any atom is -0.456 e. The van der Waals surface area contributed by atoms with E-state index in [1.807, 2.05) is 33.3 Å². The third-order valence-corrected chi connectivity index (χ3v) is 15.9. The standard InChI is InChI=1S/C69H129N2O7P/c1-7-10-13-16-19-22-25-28-30-32-33-34-35-36-37-38-39-40-42-44-47-50-53-56-59-62-69(73)78-67(60-57-54-51-48-45-27-24-21-18-15-12-9-3)66(65-77-79(74,75)76-64-63-71(4,5)6)70-68(72)61-58-55-52-49-46-43-41-31-29-26-23-20-17-14-11-8-2/h11,14,20,23,28-31,57,60,66-67H,7-10,12-13,15-19,21-22,24-27,32-56,58-59,61-65H2,1-6H3,(H-,70,72,74,75)/p+1/b14-11+,23-20+,30-28+,31-29+,60-57-. The molecule has 10 heteroatoms. The van der Waals surface area contributed by atoms with E-state index >= 15 is 0 Å². The molecule has 0 aliphatic rings. The molecule has 0 aromatic carbocycles. The number of rotatable bonds is 61. The highest BCUT2D eigenvalue weighted by Crippen LogP contribution is 2.43. The molecule has 9 nitrogen and oxygen atoms in total. The van der Waals surface area contributed by atoms with Gasteiger partial charge in [-0.2, -0.15) is 0 Å². The van der Waals surface area contributed by atoms with E-state index in [4.69, 9.17) is 13.8 Å². The molecular formula is C69H130N2O7P+. The van der Waals surface area contributed by atoms with E-state index in [0.717, 1.165) is 89.9 Å². The maximum absolute atomic E-state index is 13.6. The molecule has 0 heterocycles. The van der Waals surface area contributed by atoms with E-state index in [2.05, 4.69) is 74.7 Å². The van der Waals surface area contributed by atoms with Crippen molar-refractivity contribution in [3.8, 4) is 0 Å². The molecule has 0 aliphatic heterocycles. The molecule has 0 aliphatic carbocycles. The van der Waals surface area contributed by atoms with Crippen LogP contribution >= 0.6 is 7.82 Å². The Labute approximate surface area is 490 Å². The second-order valence-electron chi connectivity index (χ2n) is 24.0. The lowest BCUT2D eigenvalue weighted by Gasteiger charge is -2.27. The number of likely N-dealkylation sites (N-methyl/N-ethyl adjacent to an activating group) is 1. The first-order valence-electron chi connectivity index (χ1n) is 33.6. The van der Waals surface area contributed by atoms with E-state index in [-0.39, 0.29) is 31.5 Å². The fourth-order valence-electron chi connectivity index (χ4n) is 9.77. The molecule has 0 radical (unpaired) electrons. The topological polar surface area (TPSA) is 111 Å². The van der Waals surface area contributed by atoms with Crippen LogP contribution in [0.1, 0.15) is 316 Å². The van der Waals surface area contributed by atoms with Crippen molar-refractivity contribution in [2.45, 2.75) is 328 Å². The van der Waals surface area contributed by atoms with E-state index in [9.17, 15) is 19.0 Å². The first kappa shape index (κ1) is 76.7. The van der Waals surface area contributed by atoms with Gasteiger partial charge < -0.3 is 19.4 Å². The molecule has 79 heavy (non-hydrogen) atoms. The average Bonchev–Trinajstić information content (AvgIpc) is 3.41. The van der Waals surface area contributed by atoms with Gasteiger partial charge in [0.15, 0.2) is 0 Å². The number of esters is 1. The van der Waals surface area contributed by atoms with Crippen LogP contribution in [0.25, 0.3) is 0 Å². The maximum Gasteiger partial charge on any atom is 0.472 e. The van der Waals surface area contributed by atoms with Crippen molar-refractivity contribution in [1.82, 2.24) is 5.32 Å². The molecule has 0 saturated carbocycles. The third-order valence-electron chi connectivity index (χ3n) is 14.9. The van der Waals surface area contributed by atoms with Crippen LogP contribution in [-0.2, 0) is 27.9 Å². The van der Waals surface area contributed by atoms with E-state index in [0.29, 0.717) is 17.4 Å². The Balaban J connectivity index is 5.08. The van der Waals surface area contributed by atoms with Crippen molar-refractivity contribution < 1.29 is 37.3 Å². The van der Waals surface area contributed by atoms with Gasteiger partial charge in [-0.25, -0.2) is 4.57 Å². The van der Waals surface area contributed by atoms with Gasteiger partial charge in [-0.1, -0.05) is 275 Å². The summed E-state index contributed by atoms with van der Waals surface area (Å²) in [5.74, 6) is -0.510. The average molecular weight is 1130 g/mol. The molecule has 3 unspecified atom stereocenters. The summed E-state index contributed by atoms with van der Waals surface area (Å²) >= 11 is 0. The van der Waals surface area contributed by atoms with Crippen molar-refractivity contribution in [3.05, 3.63) is 60.8 Å². The lowest BCUT2D eigenvalue weighted by Crippen LogP contribution is -2.47. The van der Waals surface area contributed by atoms with Crippen molar-refractivity contribution >= 4 is 19.7 Å². The molecule has 0 saturated heterocycles. The highest BCUT2D eigenvalue weighted by molar-refractivity contribution is 7.47. The molecule has 0 rings (SSSR count). The van der Waals surface area contributed by atoms with Crippen molar-refractivity contribution in [3.63, 3.8) is 0 Å². The van der Waals surface area contributed by atoms with Crippen LogP contribution in [0.3, 0.4) is 0 Å². The Hall–Kier alpha value is -2.29. The van der Waals surface area contributed by atoms with Gasteiger partial charge in [-0.05, 0) is 89.5 Å². The SMILES string of the molecule is CC/C=C/C/C=C/C/C=C/CCCCCCCCC(=O)NC(COP(=O)(O)OCC[N+](C)(C)C)C(/C=C\CCCCCCCCCCCC)OC(=O)CCCCCCCCCCCCCCCCC/C=C/CCCCCCCC. The van der Waals surface area contributed by atoms with E-state index in [1.54, 1.807) is 0 Å². The fraction of sp³-hybridized carbons (Fsp3) is 0.826. The van der Waals surface area contributed by atoms with Crippen LogP contribution in [0.4, 0.5) is 0 Å². The van der Waals surface area contributed by atoms with Gasteiger partial charge in [-0.15, -0.1) is 0 Å². The Morgan fingerprint density at radius 1 is 0.456 bits per heavy atom. The molecule has 0 aromatic heterocycles. The largest absolute Gasteiger partial charge is 0.472 e. The fourth-order valence-corrected chi connectivity index (χ4v) is 10.5. The second-order valence-corrected chi connectivity index (χ2v) is 25.4. The van der Waals surface area contributed by atoms with Crippen molar-refractivity contribution in [2.24, 2.45) is 0 Å². The predicted molar refractivity (Wildman–Crippen MR) is 342 cm³/mol. The minimum absolute atomic E-state index is 0.0372. The highest BCUT2D eigenvalue weighted by atomic mass is 31.2. The molecule has 0 fully saturated rings. The predicted octanol–water partition coefficient (Wildman–Crippen LogP) is 21.0. The van der Waals surface area contributed by atoms with Crippen LogP contribution in [0, 0.1) is 0 Å². The van der Waals surface area contributed by atoms with Gasteiger partial charge in [-0.3, -0.25) is 18.6 Å². The quantitative estimate of drug-likeness (QED) is 0.0205. The molecule has 1 amide bonds. The summed E-state index contributed by atoms with van der Waals surface area (Å²) in [6, 6.07) is -0.855. The highest BCUT2D eigenvalue weighted by Gasteiger charge is 2.30. The zero-order chi connectivity index (χ0) is 57.9. The molecule has 0 bridgehead atoms. The Kier molecular flexibility index (Phi) is 57.2. The van der Waals surface area contributed by atoms with Crippen LogP contribution in [0.5, 0.6) is 0 Å². The summed E-state index contributed by atoms with van der Waals surface area (Å²) in [7, 11) is 1.49. The van der Waals surface area contributed by atoms with Crippen LogP contribution in [0.15, 0.2) is 60.8 Å². The molecular weight excluding hydrogens is 1000 g/mol. The number of amides is 1. The summed E-state index contributed by atoms with van der Waals surface area (Å²) in [6.07, 6.45) is 75.2. The number of carbonyl (C=O) groups excluding carboxylic acids is 2. The number of nitrogens with one attached hydrogen (secondary N) is 1. The van der Waals surface area contributed by atoms with Crippen molar-refractivity contribution in [2.75, 3.05) is 40.9 Å². The monoisotopic (exact) mass is 1130 g/mol. The molecule has 3 atom stereocenters. The number of ether oxygens (including phenoxy) is 1. The minimum atomic E-state index is -4.45. The van der Waals surface area contributed by atoms with Gasteiger partial charge in [0.2, 0.25) is 5.91 Å². The lowest BCUT2D eigenvalue weighted by atomic mass is 10.0. The number of carbonyl (C=O) groups is 2. The summed E-state index contributed by atoms with van der Waals surface area (Å²) in [4.78, 5) is 37.8. The number of hydrogen-bond donors (Lipinski definition) is 2. The third kappa shape index (κ3) is 60.1. The molecule has 0 aromatic rings. The van der Waals surface area contributed by atoms with Crippen LogP contribution in [-0.4, -0.2) is 74.3 Å². The second kappa shape index (κ2) is 58.9. The van der Waals surface area contributed by atoms with Gasteiger partial charge in [0, 0.05) is 12.8 Å².